The third-order valence-electron chi connectivity index (χ3n) is 1.45. The number of hydrogen-bond donors (Lipinski definition) is 2. The molecular weight excluding hydrogens is 196 g/mol. The first-order chi connectivity index (χ1) is 6.06. The van der Waals surface area contributed by atoms with Gasteiger partial charge in [0.05, 0.1) is 7.11 Å². The van der Waals surface area contributed by atoms with E-state index >= 15 is 0 Å². The number of phenolic OH excluding ortho intramolecular Hbond substituents is 2. The second-order valence-corrected chi connectivity index (χ2v) is 2.75. The van der Waals surface area contributed by atoms with Gasteiger partial charge in [0.2, 0.25) is 0 Å². The molecule has 0 aromatic heterocycles. The number of rotatable bonds is 1. The van der Waals surface area contributed by atoms with Crippen LogP contribution in [0.4, 0.5) is 0 Å². The molecule has 0 spiro atoms. The SMILES string of the molecule is COC(=O)c1c(O)cc(Cl)cc1O. The van der Waals surface area contributed by atoms with Crippen molar-refractivity contribution in [2.45, 2.75) is 0 Å². The number of methoxy groups -OCH3 is 1. The monoisotopic (exact) mass is 202 g/mol. The molecule has 1 aromatic carbocycles. The van der Waals surface area contributed by atoms with Gasteiger partial charge < -0.3 is 14.9 Å². The molecule has 0 aliphatic rings. The van der Waals surface area contributed by atoms with E-state index in [2.05, 4.69) is 4.74 Å². The van der Waals surface area contributed by atoms with Crippen molar-refractivity contribution in [2.75, 3.05) is 7.11 Å². The summed E-state index contributed by atoms with van der Waals surface area (Å²) >= 11 is 5.50. The zero-order valence-corrected chi connectivity index (χ0v) is 7.50. The zero-order valence-electron chi connectivity index (χ0n) is 6.74. The Balaban J connectivity index is 3.28. The second kappa shape index (κ2) is 3.53. The van der Waals surface area contributed by atoms with E-state index in [-0.39, 0.29) is 10.6 Å². The standard InChI is InChI=1S/C8H7ClO4/c1-13-8(12)7-5(10)2-4(9)3-6(7)11/h2-3,10-11H,1H3. The third kappa shape index (κ3) is 1.84. The van der Waals surface area contributed by atoms with Crippen LogP contribution in [-0.2, 0) is 4.74 Å². The van der Waals surface area contributed by atoms with E-state index < -0.39 is 17.5 Å². The highest BCUT2D eigenvalue weighted by Gasteiger charge is 2.17. The molecule has 0 amide bonds. The highest BCUT2D eigenvalue weighted by molar-refractivity contribution is 6.31. The lowest BCUT2D eigenvalue weighted by molar-refractivity contribution is 0.0594. The Morgan fingerprint density at radius 3 is 2.23 bits per heavy atom. The molecule has 70 valence electrons. The average Bonchev–Trinajstić information content (AvgIpc) is 2.02. The Bertz CT molecular complexity index is 325. The fourth-order valence-corrected chi connectivity index (χ4v) is 1.10. The normalized spacial score (nSPS) is 9.69. The number of halogens is 1. The maximum Gasteiger partial charge on any atom is 0.345 e. The average molecular weight is 203 g/mol. The first-order valence-electron chi connectivity index (χ1n) is 3.36. The third-order valence-corrected chi connectivity index (χ3v) is 1.67. The fraction of sp³-hybridized carbons (Fsp3) is 0.125. The molecule has 0 bridgehead atoms. The van der Waals surface area contributed by atoms with E-state index in [1.807, 2.05) is 0 Å². The molecule has 2 N–H and O–H groups in total. The van der Waals surface area contributed by atoms with Crippen LogP contribution in [0.3, 0.4) is 0 Å². The molecule has 4 nitrogen and oxygen atoms in total. The number of carbonyl (C=O) groups is 1. The largest absolute Gasteiger partial charge is 0.507 e. The van der Waals surface area contributed by atoms with Gasteiger partial charge in [-0.25, -0.2) is 4.79 Å². The predicted molar refractivity (Wildman–Crippen MR) is 46.1 cm³/mol. The van der Waals surface area contributed by atoms with E-state index in [9.17, 15) is 15.0 Å². The van der Waals surface area contributed by atoms with E-state index in [1.54, 1.807) is 0 Å². The highest BCUT2D eigenvalue weighted by Crippen LogP contribution is 2.31. The van der Waals surface area contributed by atoms with Crippen molar-refractivity contribution in [3.63, 3.8) is 0 Å². The lowest BCUT2D eigenvalue weighted by Crippen LogP contribution is -2.01. The van der Waals surface area contributed by atoms with Gasteiger partial charge in [0.25, 0.3) is 0 Å². The molecule has 0 unspecified atom stereocenters. The zero-order chi connectivity index (χ0) is 10.0. The summed E-state index contributed by atoms with van der Waals surface area (Å²) in [4.78, 5) is 11.0. The lowest BCUT2D eigenvalue weighted by atomic mass is 10.2. The quantitative estimate of drug-likeness (QED) is 0.678. The van der Waals surface area contributed by atoms with Crippen LogP contribution in [0, 0.1) is 0 Å². The number of benzene rings is 1. The van der Waals surface area contributed by atoms with Crippen LogP contribution in [0.25, 0.3) is 0 Å². The summed E-state index contributed by atoms with van der Waals surface area (Å²) in [6.07, 6.45) is 0. The van der Waals surface area contributed by atoms with Crippen molar-refractivity contribution in [3.8, 4) is 11.5 Å². The van der Waals surface area contributed by atoms with Crippen LogP contribution >= 0.6 is 11.6 Å². The summed E-state index contributed by atoms with van der Waals surface area (Å²) in [5, 5.41) is 18.6. The maximum absolute atomic E-state index is 11.0. The lowest BCUT2D eigenvalue weighted by Gasteiger charge is -2.04. The summed E-state index contributed by atoms with van der Waals surface area (Å²) < 4.78 is 4.34. The van der Waals surface area contributed by atoms with E-state index in [0.29, 0.717) is 0 Å². The van der Waals surface area contributed by atoms with Crippen molar-refractivity contribution in [1.82, 2.24) is 0 Å². The number of esters is 1. The van der Waals surface area contributed by atoms with Gasteiger partial charge in [0, 0.05) is 5.02 Å². The minimum absolute atomic E-state index is 0.141. The van der Waals surface area contributed by atoms with Crippen LogP contribution in [0.2, 0.25) is 5.02 Å². The van der Waals surface area contributed by atoms with Crippen LogP contribution in [0.1, 0.15) is 10.4 Å². The molecule has 0 radical (unpaired) electrons. The Morgan fingerprint density at radius 1 is 1.38 bits per heavy atom. The first-order valence-corrected chi connectivity index (χ1v) is 3.74. The van der Waals surface area contributed by atoms with E-state index in [1.165, 1.54) is 0 Å². The van der Waals surface area contributed by atoms with Gasteiger partial charge in [-0.15, -0.1) is 0 Å². The summed E-state index contributed by atoms with van der Waals surface area (Å²) in [5.41, 5.74) is -0.285. The molecule has 0 aliphatic carbocycles. The molecule has 0 saturated heterocycles. The summed E-state index contributed by atoms with van der Waals surface area (Å²) in [6.45, 7) is 0. The van der Waals surface area contributed by atoms with Gasteiger partial charge in [-0.3, -0.25) is 0 Å². The number of hydrogen-bond acceptors (Lipinski definition) is 4. The molecule has 5 heteroatoms. The van der Waals surface area contributed by atoms with Gasteiger partial charge in [-0.2, -0.15) is 0 Å². The van der Waals surface area contributed by atoms with Gasteiger partial charge in [-0.1, -0.05) is 11.6 Å². The second-order valence-electron chi connectivity index (χ2n) is 2.31. The van der Waals surface area contributed by atoms with Gasteiger partial charge >= 0.3 is 5.97 Å². The number of carbonyl (C=O) groups excluding carboxylic acids is 1. The molecular formula is C8H7ClO4. The van der Waals surface area contributed by atoms with Crippen LogP contribution < -0.4 is 0 Å². The molecule has 0 fully saturated rings. The maximum atomic E-state index is 11.0. The Morgan fingerprint density at radius 2 is 1.85 bits per heavy atom. The number of ether oxygens (including phenoxy) is 1. The summed E-state index contributed by atoms with van der Waals surface area (Å²) in [6, 6.07) is 2.29. The molecule has 1 rings (SSSR count). The Kier molecular flexibility index (Phi) is 2.63. The van der Waals surface area contributed by atoms with Crippen molar-refractivity contribution in [1.29, 1.82) is 0 Å². The Hall–Kier alpha value is -1.42. The van der Waals surface area contributed by atoms with Crippen molar-refractivity contribution in [3.05, 3.63) is 22.7 Å². The number of phenols is 2. The van der Waals surface area contributed by atoms with Gasteiger partial charge in [0.15, 0.2) is 0 Å². The molecule has 0 heterocycles. The van der Waals surface area contributed by atoms with Crippen LogP contribution in [0.15, 0.2) is 12.1 Å². The van der Waals surface area contributed by atoms with E-state index in [4.69, 9.17) is 11.6 Å². The number of aromatic hydroxyl groups is 2. The molecule has 13 heavy (non-hydrogen) atoms. The molecule has 0 saturated carbocycles. The van der Waals surface area contributed by atoms with Gasteiger partial charge in [0.1, 0.15) is 17.1 Å². The van der Waals surface area contributed by atoms with Crippen molar-refractivity contribution >= 4 is 17.6 Å². The predicted octanol–water partition coefficient (Wildman–Crippen LogP) is 1.54. The minimum atomic E-state index is -0.813. The topological polar surface area (TPSA) is 66.8 Å². The minimum Gasteiger partial charge on any atom is -0.507 e. The summed E-state index contributed by atoms with van der Waals surface area (Å²) in [7, 11) is 1.15. The molecule has 0 aliphatic heterocycles. The Labute approximate surface area is 79.3 Å². The first kappa shape index (κ1) is 9.67. The van der Waals surface area contributed by atoms with Crippen molar-refractivity contribution in [2.24, 2.45) is 0 Å². The highest BCUT2D eigenvalue weighted by atomic mass is 35.5. The van der Waals surface area contributed by atoms with Gasteiger partial charge in [-0.05, 0) is 12.1 Å². The van der Waals surface area contributed by atoms with E-state index in [0.717, 1.165) is 19.2 Å². The van der Waals surface area contributed by atoms with Crippen LogP contribution in [0.5, 0.6) is 11.5 Å². The molecule has 1 aromatic rings. The molecule has 0 atom stereocenters. The van der Waals surface area contributed by atoms with Crippen LogP contribution in [-0.4, -0.2) is 23.3 Å². The smallest absolute Gasteiger partial charge is 0.345 e. The summed E-state index contributed by atoms with van der Waals surface area (Å²) in [5.74, 6) is -1.62. The van der Waals surface area contributed by atoms with Crippen molar-refractivity contribution < 1.29 is 19.7 Å². The fourth-order valence-electron chi connectivity index (χ4n) is 0.890.